The van der Waals surface area contributed by atoms with Gasteiger partial charge in [0.1, 0.15) is 23.1 Å². The van der Waals surface area contributed by atoms with E-state index in [1.54, 1.807) is 43.0 Å². The van der Waals surface area contributed by atoms with Crippen LogP contribution in [0.15, 0.2) is 42.5 Å². The van der Waals surface area contributed by atoms with Gasteiger partial charge in [0.25, 0.3) is 0 Å². The summed E-state index contributed by atoms with van der Waals surface area (Å²) in [6.45, 7) is 6.08. The zero-order chi connectivity index (χ0) is 21.4. The number of para-hydroxylation sites is 1. The van der Waals surface area contributed by atoms with Crippen molar-refractivity contribution >= 4 is 23.2 Å². The molecule has 0 aliphatic heterocycles. The fraction of sp³-hybridized carbons (Fsp3) is 0.333. The van der Waals surface area contributed by atoms with Crippen LogP contribution in [0.3, 0.4) is 0 Å². The minimum absolute atomic E-state index is 0.192. The Labute approximate surface area is 168 Å². The van der Waals surface area contributed by atoms with Gasteiger partial charge in [-0.3, -0.25) is 14.5 Å². The van der Waals surface area contributed by atoms with Crippen LogP contribution in [0, 0.1) is 11.6 Å². The van der Waals surface area contributed by atoms with Gasteiger partial charge in [0.05, 0.1) is 19.2 Å². The lowest BCUT2D eigenvalue weighted by Gasteiger charge is -2.26. The van der Waals surface area contributed by atoms with E-state index in [0.717, 1.165) is 12.1 Å². The molecule has 0 saturated carbocycles. The number of nitrogens with zero attached hydrogens (tertiary/aromatic N) is 1. The van der Waals surface area contributed by atoms with Crippen LogP contribution in [0.1, 0.15) is 20.8 Å². The third kappa shape index (κ3) is 6.25. The number of carbonyl (C=O) groups excluding carboxylic acids is 2. The van der Waals surface area contributed by atoms with E-state index in [-0.39, 0.29) is 12.5 Å². The molecule has 2 amide bonds. The third-order valence-electron chi connectivity index (χ3n) is 4.34. The molecule has 0 aliphatic carbocycles. The lowest BCUT2D eigenvalue weighted by atomic mass is 10.2. The number of ether oxygens (including phenoxy) is 1. The summed E-state index contributed by atoms with van der Waals surface area (Å²) >= 11 is 0. The monoisotopic (exact) mass is 405 g/mol. The van der Waals surface area contributed by atoms with Crippen LogP contribution in [0.25, 0.3) is 0 Å². The second-order valence-electron chi connectivity index (χ2n) is 6.33. The highest BCUT2D eigenvalue weighted by Crippen LogP contribution is 2.18. The first-order valence-electron chi connectivity index (χ1n) is 9.37. The van der Waals surface area contributed by atoms with Crippen molar-refractivity contribution in [2.75, 3.05) is 30.3 Å². The number of likely N-dealkylation sites (N-methyl/N-ethyl adjacent to an activating group) is 1. The quantitative estimate of drug-likeness (QED) is 0.668. The third-order valence-corrected chi connectivity index (χ3v) is 4.34. The molecule has 2 aromatic rings. The molecule has 2 N–H and O–H groups in total. The number of benzene rings is 2. The number of nitrogens with one attached hydrogen (secondary N) is 2. The molecule has 0 saturated heterocycles. The second-order valence-corrected chi connectivity index (χ2v) is 6.33. The van der Waals surface area contributed by atoms with Crippen LogP contribution in [-0.2, 0) is 9.59 Å². The minimum Gasteiger partial charge on any atom is -0.494 e. The summed E-state index contributed by atoms with van der Waals surface area (Å²) < 4.78 is 32.7. The van der Waals surface area contributed by atoms with E-state index < -0.39 is 29.3 Å². The Hall–Kier alpha value is -3.00. The zero-order valence-corrected chi connectivity index (χ0v) is 16.7. The lowest BCUT2D eigenvalue weighted by Crippen LogP contribution is -2.45. The predicted octanol–water partition coefficient (Wildman–Crippen LogP) is 3.65. The Morgan fingerprint density at radius 1 is 1.03 bits per heavy atom. The van der Waals surface area contributed by atoms with Crippen molar-refractivity contribution in [2.24, 2.45) is 0 Å². The smallest absolute Gasteiger partial charge is 0.241 e. The summed E-state index contributed by atoms with van der Waals surface area (Å²) in [7, 11) is 0. The molecule has 2 rings (SSSR count). The highest BCUT2D eigenvalue weighted by Gasteiger charge is 2.23. The van der Waals surface area contributed by atoms with E-state index in [9.17, 15) is 18.4 Å². The summed E-state index contributed by atoms with van der Waals surface area (Å²) in [5, 5.41) is 5.01. The molecule has 29 heavy (non-hydrogen) atoms. The van der Waals surface area contributed by atoms with Crippen LogP contribution in [-0.4, -0.2) is 42.5 Å². The molecule has 0 radical (unpaired) electrons. The molecule has 0 aliphatic rings. The highest BCUT2D eigenvalue weighted by atomic mass is 19.1. The van der Waals surface area contributed by atoms with Gasteiger partial charge in [0.2, 0.25) is 11.8 Å². The topological polar surface area (TPSA) is 70.7 Å². The fourth-order valence-corrected chi connectivity index (χ4v) is 2.72. The largest absolute Gasteiger partial charge is 0.494 e. The molecule has 8 heteroatoms. The van der Waals surface area contributed by atoms with E-state index in [4.69, 9.17) is 4.74 Å². The van der Waals surface area contributed by atoms with E-state index in [1.807, 2.05) is 6.92 Å². The van der Waals surface area contributed by atoms with E-state index in [1.165, 1.54) is 6.07 Å². The van der Waals surface area contributed by atoms with E-state index in [2.05, 4.69) is 10.6 Å². The second kappa shape index (κ2) is 10.5. The van der Waals surface area contributed by atoms with Gasteiger partial charge in [-0.2, -0.15) is 0 Å². The van der Waals surface area contributed by atoms with Gasteiger partial charge in [-0.1, -0.05) is 13.0 Å². The molecule has 0 bridgehead atoms. The summed E-state index contributed by atoms with van der Waals surface area (Å²) in [5.41, 5.74) is 0.0966. The molecule has 6 nitrogen and oxygen atoms in total. The Morgan fingerprint density at radius 3 is 2.21 bits per heavy atom. The molecule has 0 heterocycles. The normalized spacial score (nSPS) is 11.8. The van der Waals surface area contributed by atoms with Crippen molar-refractivity contribution in [1.29, 1.82) is 0 Å². The molecule has 1 atom stereocenters. The maximum Gasteiger partial charge on any atom is 0.241 e. The van der Waals surface area contributed by atoms with Crippen LogP contribution in [0.2, 0.25) is 0 Å². The van der Waals surface area contributed by atoms with Crippen molar-refractivity contribution < 1.29 is 23.1 Å². The van der Waals surface area contributed by atoms with Crippen molar-refractivity contribution in [3.8, 4) is 5.75 Å². The molecule has 0 fully saturated rings. The van der Waals surface area contributed by atoms with Gasteiger partial charge in [0, 0.05) is 5.69 Å². The van der Waals surface area contributed by atoms with Crippen molar-refractivity contribution in [2.45, 2.75) is 26.8 Å². The van der Waals surface area contributed by atoms with Gasteiger partial charge < -0.3 is 15.4 Å². The summed E-state index contributed by atoms with van der Waals surface area (Å²) in [4.78, 5) is 26.4. The van der Waals surface area contributed by atoms with Gasteiger partial charge in [-0.15, -0.1) is 0 Å². The Bertz CT molecular complexity index is 823. The molecular weight excluding hydrogens is 380 g/mol. The maximum absolute atomic E-state index is 13.7. The first-order chi connectivity index (χ1) is 13.8. The number of hydrogen-bond donors (Lipinski definition) is 2. The number of hydrogen-bond acceptors (Lipinski definition) is 4. The number of amides is 2. The number of carbonyl (C=O) groups is 2. The predicted molar refractivity (Wildman–Crippen MR) is 108 cm³/mol. The molecular formula is C21H25F2N3O3. The van der Waals surface area contributed by atoms with Crippen molar-refractivity contribution in [3.63, 3.8) is 0 Å². The first-order valence-corrected chi connectivity index (χ1v) is 9.37. The lowest BCUT2D eigenvalue weighted by molar-refractivity contribution is -0.123. The highest BCUT2D eigenvalue weighted by molar-refractivity contribution is 5.96. The molecule has 156 valence electrons. The molecule has 2 aromatic carbocycles. The Balaban J connectivity index is 1.97. The Kier molecular flexibility index (Phi) is 8.09. The summed E-state index contributed by atoms with van der Waals surface area (Å²) in [6.07, 6.45) is 0. The van der Waals surface area contributed by atoms with Crippen LogP contribution < -0.4 is 15.4 Å². The first kappa shape index (κ1) is 22.3. The SMILES string of the molecule is CCOc1ccc(NC(=O)C(C)N(CC)CC(=O)Nc2c(F)cccc2F)cc1. The number of halogens is 2. The molecule has 0 spiro atoms. The van der Waals surface area contributed by atoms with Crippen molar-refractivity contribution in [1.82, 2.24) is 4.90 Å². The Morgan fingerprint density at radius 2 is 1.66 bits per heavy atom. The summed E-state index contributed by atoms with van der Waals surface area (Å²) in [5.74, 6) is -1.94. The number of rotatable bonds is 9. The van der Waals surface area contributed by atoms with Gasteiger partial charge in [0.15, 0.2) is 0 Å². The van der Waals surface area contributed by atoms with Gasteiger partial charge >= 0.3 is 0 Å². The van der Waals surface area contributed by atoms with Gasteiger partial charge in [-0.05, 0) is 56.8 Å². The van der Waals surface area contributed by atoms with Crippen molar-refractivity contribution in [3.05, 3.63) is 54.1 Å². The molecule has 0 aromatic heterocycles. The average molecular weight is 405 g/mol. The summed E-state index contributed by atoms with van der Waals surface area (Å²) in [6, 6.07) is 9.63. The van der Waals surface area contributed by atoms with Crippen LogP contribution in [0.5, 0.6) is 5.75 Å². The minimum atomic E-state index is -0.859. The van der Waals surface area contributed by atoms with Crippen LogP contribution in [0.4, 0.5) is 20.2 Å². The number of anilines is 2. The zero-order valence-electron chi connectivity index (χ0n) is 16.7. The molecule has 1 unspecified atom stereocenters. The van der Waals surface area contributed by atoms with E-state index in [0.29, 0.717) is 24.6 Å². The average Bonchev–Trinajstić information content (AvgIpc) is 2.70. The standard InChI is InChI=1S/C21H25F2N3O3/c1-4-26(13-19(27)25-20-17(22)7-6-8-18(20)23)14(3)21(28)24-15-9-11-16(12-10-15)29-5-2/h6-12,14H,4-5,13H2,1-3H3,(H,24,28)(H,25,27). The fourth-order valence-electron chi connectivity index (χ4n) is 2.72. The van der Waals surface area contributed by atoms with E-state index >= 15 is 0 Å². The van der Waals surface area contributed by atoms with Gasteiger partial charge in [-0.25, -0.2) is 8.78 Å². The maximum atomic E-state index is 13.7. The van der Waals surface area contributed by atoms with Crippen LogP contribution >= 0.6 is 0 Å².